The molecule has 0 aliphatic rings. The van der Waals surface area contributed by atoms with Gasteiger partial charge in [-0.2, -0.15) is 0 Å². The van der Waals surface area contributed by atoms with E-state index in [1.807, 2.05) is 0 Å². The van der Waals surface area contributed by atoms with Gasteiger partial charge in [0.15, 0.2) is 24.0 Å². The fourth-order valence-electron chi connectivity index (χ4n) is 1.59. The molecule has 2 rings (SSSR count). The number of ketones is 1. The Hall–Kier alpha value is -2.08. The highest BCUT2D eigenvalue weighted by Crippen LogP contribution is 2.17. The Balaban J connectivity index is 2.02. The highest BCUT2D eigenvalue weighted by molar-refractivity contribution is 9.10. The van der Waals surface area contributed by atoms with E-state index in [1.165, 1.54) is 6.07 Å². The summed E-state index contributed by atoms with van der Waals surface area (Å²) in [5.41, 5.74) is 0.212. The van der Waals surface area contributed by atoms with Crippen molar-refractivity contribution in [3.8, 4) is 0 Å². The Morgan fingerprint density at radius 1 is 1.05 bits per heavy atom. The van der Waals surface area contributed by atoms with Crippen molar-refractivity contribution in [1.29, 1.82) is 0 Å². The van der Waals surface area contributed by atoms with Crippen LogP contribution in [0.15, 0.2) is 46.9 Å². The van der Waals surface area contributed by atoms with Gasteiger partial charge < -0.3 is 4.74 Å². The Morgan fingerprint density at radius 2 is 1.76 bits per heavy atom. The molecule has 21 heavy (non-hydrogen) atoms. The molecule has 3 nitrogen and oxygen atoms in total. The van der Waals surface area contributed by atoms with Gasteiger partial charge in [-0.3, -0.25) is 4.79 Å². The predicted molar refractivity (Wildman–Crippen MR) is 75.1 cm³/mol. The van der Waals surface area contributed by atoms with Crippen LogP contribution in [0, 0.1) is 11.6 Å². The highest BCUT2D eigenvalue weighted by atomic mass is 79.9. The number of halogens is 3. The number of hydrogen-bond donors (Lipinski definition) is 0. The Labute approximate surface area is 127 Å². The predicted octanol–water partition coefficient (Wildman–Crippen LogP) is 3.77. The molecule has 2 aromatic rings. The van der Waals surface area contributed by atoms with E-state index in [2.05, 4.69) is 15.9 Å². The molecule has 108 valence electrons. The van der Waals surface area contributed by atoms with Crippen LogP contribution in [-0.4, -0.2) is 18.4 Å². The molecule has 0 bridgehead atoms. The zero-order chi connectivity index (χ0) is 15.4. The van der Waals surface area contributed by atoms with Gasteiger partial charge in [-0.25, -0.2) is 13.6 Å². The van der Waals surface area contributed by atoms with E-state index in [4.69, 9.17) is 4.74 Å². The number of carbonyl (C=O) groups is 2. The first kappa shape index (κ1) is 15.3. The van der Waals surface area contributed by atoms with E-state index in [1.54, 1.807) is 18.2 Å². The molecule has 0 unspecified atom stereocenters. The molecule has 0 amide bonds. The van der Waals surface area contributed by atoms with E-state index in [9.17, 15) is 18.4 Å². The van der Waals surface area contributed by atoms with E-state index < -0.39 is 30.0 Å². The van der Waals surface area contributed by atoms with Crippen molar-refractivity contribution in [3.63, 3.8) is 0 Å². The third-order valence-corrected chi connectivity index (χ3v) is 3.36. The summed E-state index contributed by atoms with van der Waals surface area (Å²) in [5.74, 6) is -3.47. The zero-order valence-corrected chi connectivity index (χ0v) is 12.2. The Morgan fingerprint density at radius 3 is 2.43 bits per heavy atom. The average Bonchev–Trinajstić information content (AvgIpc) is 2.47. The normalized spacial score (nSPS) is 10.2. The van der Waals surface area contributed by atoms with Crippen LogP contribution in [0.25, 0.3) is 0 Å². The van der Waals surface area contributed by atoms with Crippen LogP contribution in [0.1, 0.15) is 20.7 Å². The summed E-state index contributed by atoms with van der Waals surface area (Å²) in [6.07, 6.45) is 0. The summed E-state index contributed by atoms with van der Waals surface area (Å²) in [7, 11) is 0. The molecule has 0 aromatic heterocycles. The second-order valence-corrected chi connectivity index (χ2v) is 4.96. The van der Waals surface area contributed by atoms with Crippen molar-refractivity contribution in [3.05, 3.63) is 69.7 Å². The van der Waals surface area contributed by atoms with Crippen LogP contribution in [0.3, 0.4) is 0 Å². The van der Waals surface area contributed by atoms with Crippen molar-refractivity contribution < 1.29 is 23.1 Å². The summed E-state index contributed by atoms with van der Waals surface area (Å²) >= 11 is 3.19. The van der Waals surface area contributed by atoms with E-state index in [0.717, 1.165) is 18.2 Å². The van der Waals surface area contributed by atoms with Crippen molar-refractivity contribution in [2.24, 2.45) is 0 Å². The topological polar surface area (TPSA) is 43.4 Å². The van der Waals surface area contributed by atoms with Gasteiger partial charge in [0.25, 0.3) is 0 Å². The number of esters is 1. The molecule has 0 aliphatic heterocycles. The molecule has 0 aliphatic carbocycles. The number of benzene rings is 2. The lowest BCUT2D eigenvalue weighted by Crippen LogP contribution is -2.15. The molecule has 0 heterocycles. The highest BCUT2D eigenvalue weighted by Gasteiger charge is 2.15. The lowest BCUT2D eigenvalue weighted by molar-refractivity contribution is 0.0473. The molecule has 0 saturated heterocycles. The zero-order valence-electron chi connectivity index (χ0n) is 10.6. The molecule has 0 atom stereocenters. The lowest BCUT2D eigenvalue weighted by Gasteiger charge is -2.06. The smallest absolute Gasteiger partial charge is 0.339 e. The number of carbonyl (C=O) groups excluding carboxylic acids is 2. The average molecular weight is 355 g/mol. The summed E-state index contributed by atoms with van der Waals surface area (Å²) < 4.78 is 31.2. The number of rotatable bonds is 4. The fourth-order valence-corrected chi connectivity index (χ4v) is 2.04. The Bertz CT molecular complexity index is 701. The largest absolute Gasteiger partial charge is 0.454 e. The van der Waals surface area contributed by atoms with Crippen LogP contribution >= 0.6 is 15.9 Å². The lowest BCUT2D eigenvalue weighted by atomic mass is 10.1. The molecule has 0 fully saturated rings. The first-order valence-corrected chi connectivity index (χ1v) is 6.68. The number of ether oxygens (including phenoxy) is 1. The quantitative estimate of drug-likeness (QED) is 0.620. The molecule has 0 radical (unpaired) electrons. The van der Waals surface area contributed by atoms with Gasteiger partial charge >= 0.3 is 5.97 Å². The second kappa shape index (κ2) is 6.58. The summed E-state index contributed by atoms with van der Waals surface area (Å²) in [6.45, 7) is -0.550. The van der Waals surface area contributed by atoms with Crippen molar-refractivity contribution >= 4 is 27.7 Å². The molecular weight excluding hydrogens is 346 g/mol. The summed E-state index contributed by atoms with van der Waals surface area (Å²) in [5, 5.41) is 0. The van der Waals surface area contributed by atoms with Crippen LogP contribution in [0.5, 0.6) is 0 Å². The van der Waals surface area contributed by atoms with Crippen molar-refractivity contribution in [2.75, 3.05) is 6.61 Å². The maximum absolute atomic E-state index is 13.0. The van der Waals surface area contributed by atoms with Crippen molar-refractivity contribution in [1.82, 2.24) is 0 Å². The first-order chi connectivity index (χ1) is 9.99. The minimum Gasteiger partial charge on any atom is -0.454 e. The van der Waals surface area contributed by atoms with Gasteiger partial charge in [-0.1, -0.05) is 12.1 Å². The number of Topliss-reactive ketones (excluding diaryl/α,β-unsaturated/α-hetero) is 1. The molecule has 0 N–H and O–H groups in total. The molecule has 6 heteroatoms. The van der Waals surface area contributed by atoms with Crippen LogP contribution in [0.2, 0.25) is 0 Å². The first-order valence-electron chi connectivity index (χ1n) is 5.89. The van der Waals surface area contributed by atoms with Crippen LogP contribution in [0.4, 0.5) is 8.78 Å². The fraction of sp³-hybridized carbons (Fsp3) is 0.0667. The molecule has 0 spiro atoms. The minimum atomic E-state index is -1.13. The second-order valence-electron chi connectivity index (χ2n) is 4.11. The third kappa shape index (κ3) is 3.72. The van der Waals surface area contributed by atoms with Gasteiger partial charge in [0.1, 0.15) is 0 Å². The van der Waals surface area contributed by atoms with E-state index >= 15 is 0 Å². The minimum absolute atomic E-state index is 0.0613. The molecular formula is C15H9BrF2O3. The van der Waals surface area contributed by atoms with Crippen LogP contribution < -0.4 is 0 Å². The maximum atomic E-state index is 13.0. The van der Waals surface area contributed by atoms with Gasteiger partial charge in [-0.15, -0.1) is 0 Å². The maximum Gasteiger partial charge on any atom is 0.339 e. The SMILES string of the molecule is O=C(COC(=O)c1ccccc1Br)c1ccc(F)c(F)c1. The van der Waals surface area contributed by atoms with E-state index in [0.29, 0.717) is 4.47 Å². The Kier molecular flexibility index (Phi) is 4.80. The van der Waals surface area contributed by atoms with E-state index in [-0.39, 0.29) is 11.1 Å². The summed E-state index contributed by atoms with van der Waals surface area (Å²) in [4.78, 5) is 23.5. The summed E-state index contributed by atoms with van der Waals surface area (Å²) in [6, 6.07) is 9.32. The molecule has 0 saturated carbocycles. The van der Waals surface area contributed by atoms with Crippen molar-refractivity contribution in [2.45, 2.75) is 0 Å². The van der Waals surface area contributed by atoms with Gasteiger partial charge in [0.2, 0.25) is 0 Å². The van der Waals surface area contributed by atoms with Gasteiger partial charge in [0.05, 0.1) is 5.56 Å². The monoisotopic (exact) mass is 354 g/mol. The van der Waals surface area contributed by atoms with Gasteiger partial charge in [-0.05, 0) is 46.3 Å². The third-order valence-electron chi connectivity index (χ3n) is 2.67. The van der Waals surface area contributed by atoms with Gasteiger partial charge in [0, 0.05) is 10.0 Å². The standard InChI is InChI=1S/C15H9BrF2O3/c16-11-4-2-1-3-10(11)15(20)21-8-14(19)9-5-6-12(17)13(18)7-9/h1-7H,8H2. The van der Waals surface area contributed by atoms with Crippen LogP contribution in [-0.2, 0) is 4.74 Å². The molecule has 2 aromatic carbocycles. The number of hydrogen-bond acceptors (Lipinski definition) is 3.